The maximum absolute atomic E-state index is 3.64. The van der Waals surface area contributed by atoms with E-state index in [1.807, 2.05) is 12.2 Å². The Bertz CT molecular complexity index is 114. The van der Waals surface area contributed by atoms with Crippen LogP contribution in [0.25, 0.3) is 0 Å². The van der Waals surface area contributed by atoms with Crippen LogP contribution < -0.4 is 5.32 Å². The van der Waals surface area contributed by atoms with Gasteiger partial charge in [-0.1, -0.05) is 26.5 Å². The first-order valence-electron chi connectivity index (χ1n) is 3.90. The van der Waals surface area contributed by atoms with Crippen molar-refractivity contribution >= 4 is 0 Å². The zero-order chi connectivity index (χ0) is 7.82. The summed E-state index contributed by atoms with van der Waals surface area (Å²) in [6.45, 7) is 9.00. The Labute approximate surface area is 63.8 Å². The van der Waals surface area contributed by atoms with Gasteiger partial charge in [0.1, 0.15) is 0 Å². The Hall–Kier alpha value is -0.720. The van der Waals surface area contributed by atoms with Crippen molar-refractivity contribution in [2.75, 3.05) is 6.54 Å². The summed E-state index contributed by atoms with van der Waals surface area (Å²) >= 11 is 0. The third-order valence-electron chi connectivity index (χ3n) is 1.30. The molecule has 0 aromatic rings. The molecule has 0 bridgehead atoms. The molecule has 0 unspecified atom stereocenters. The molecular weight excluding hydrogens is 122 g/mol. The van der Waals surface area contributed by atoms with Crippen LogP contribution in [0.15, 0.2) is 24.4 Å². The first kappa shape index (κ1) is 9.28. The highest BCUT2D eigenvalue weighted by Crippen LogP contribution is 1.94. The van der Waals surface area contributed by atoms with Gasteiger partial charge in [-0.05, 0) is 18.9 Å². The Morgan fingerprint density at radius 1 is 1.50 bits per heavy atom. The average Bonchev–Trinajstić information content (AvgIpc) is 1.98. The molecule has 0 fully saturated rings. The molecule has 1 heteroatoms. The number of allylic oxidation sites excluding steroid dienone is 3. The third kappa shape index (κ3) is 4.19. The summed E-state index contributed by atoms with van der Waals surface area (Å²) in [5.74, 6) is 0. The molecule has 0 spiro atoms. The largest absolute Gasteiger partial charge is 0.388 e. The van der Waals surface area contributed by atoms with Crippen molar-refractivity contribution in [3.63, 3.8) is 0 Å². The second-order valence-electron chi connectivity index (χ2n) is 2.21. The van der Waals surface area contributed by atoms with Crippen LogP contribution in [-0.2, 0) is 0 Å². The van der Waals surface area contributed by atoms with Crippen molar-refractivity contribution < 1.29 is 0 Å². The van der Waals surface area contributed by atoms with E-state index in [9.17, 15) is 0 Å². The SMILES string of the molecule is C=C/C=C(\CC)NCCC. The smallest absolute Gasteiger partial charge is 0.0141 e. The van der Waals surface area contributed by atoms with Crippen molar-refractivity contribution in [3.05, 3.63) is 24.4 Å². The first-order chi connectivity index (χ1) is 4.85. The minimum Gasteiger partial charge on any atom is -0.388 e. The fourth-order valence-electron chi connectivity index (χ4n) is 0.730. The van der Waals surface area contributed by atoms with E-state index in [0.717, 1.165) is 13.0 Å². The molecule has 1 N–H and O–H groups in total. The molecule has 0 heterocycles. The third-order valence-corrected chi connectivity index (χ3v) is 1.30. The van der Waals surface area contributed by atoms with Crippen LogP contribution in [0.5, 0.6) is 0 Å². The zero-order valence-electron chi connectivity index (χ0n) is 6.98. The highest BCUT2D eigenvalue weighted by Gasteiger charge is 1.87. The van der Waals surface area contributed by atoms with Crippen LogP contribution in [0.3, 0.4) is 0 Å². The fourth-order valence-corrected chi connectivity index (χ4v) is 0.730. The standard InChI is InChI=1S/C9H17N/c1-4-7-9(6-3)10-8-5-2/h4,7,10H,1,5-6,8H2,2-3H3/b9-7+. The molecule has 10 heavy (non-hydrogen) atoms. The van der Waals surface area contributed by atoms with E-state index < -0.39 is 0 Å². The van der Waals surface area contributed by atoms with Crippen LogP contribution in [0.2, 0.25) is 0 Å². The molecule has 0 aliphatic carbocycles. The normalized spacial score (nSPS) is 11.2. The molecule has 0 radical (unpaired) electrons. The predicted molar refractivity (Wildman–Crippen MR) is 46.9 cm³/mol. The quantitative estimate of drug-likeness (QED) is 0.577. The van der Waals surface area contributed by atoms with Gasteiger partial charge in [0.25, 0.3) is 0 Å². The van der Waals surface area contributed by atoms with E-state index in [-0.39, 0.29) is 0 Å². The van der Waals surface area contributed by atoms with Gasteiger partial charge in [0, 0.05) is 12.2 Å². The molecular formula is C9H17N. The monoisotopic (exact) mass is 139 g/mol. The van der Waals surface area contributed by atoms with Gasteiger partial charge in [-0.2, -0.15) is 0 Å². The van der Waals surface area contributed by atoms with Crippen molar-refractivity contribution in [2.45, 2.75) is 26.7 Å². The van der Waals surface area contributed by atoms with Gasteiger partial charge >= 0.3 is 0 Å². The van der Waals surface area contributed by atoms with Crippen molar-refractivity contribution in [2.24, 2.45) is 0 Å². The van der Waals surface area contributed by atoms with Crippen molar-refractivity contribution in [1.29, 1.82) is 0 Å². The summed E-state index contributed by atoms with van der Waals surface area (Å²) in [6.07, 6.45) is 6.08. The lowest BCUT2D eigenvalue weighted by molar-refractivity contribution is 0.742. The molecule has 0 atom stereocenters. The second kappa shape index (κ2) is 6.40. The van der Waals surface area contributed by atoms with E-state index in [2.05, 4.69) is 25.7 Å². The Kier molecular flexibility index (Phi) is 5.94. The highest BCUT2D eigenvalue weighted by molar-refractivity contribution is 5.07. The van der Waals surface area contributed by atoms with Crippen molar-refractivity contribution in [1.82, 2.24) is 5.32 Å². The number of hydrogen-bond acceptors (Lipinski definition) is 1. The summed E-state index contributed by atoms with van der Waals surface area (Å²) in [4.78, 5) is 0. The number of nitrogens with one attached hydrogen (secondary N) is 1. The maximum atomic E-state index is 3.64. The topological polar surface area (TPSA) is 12.0 Å². The first-order valence-corrected chi connectivity index (χ1v) is 3.90. The Morgan fingerprint density at radius 3 is 2.60 bits per heavy atom. The lowest BCUT2D eigenvalue weighted by atomic mass is 10.3. The van der Waals surface area contributed by atoms with E-state index in [1.165, 1.54) is 12.1 Å². The maximum Gasteiger partial charge on any atom is 0.0141 e. The molecule has 1 nitrogen and oxygen atoms in total. The van der Waals surface area contributed by atoms with Crippen LogP contribution in [0, 0.1) is 0 Å². The van der Waals surface area contributed by atoms with Gasteiger partial charge in [-0.25, -0.2) is 0 Å². The minimum absolute atomic E-state index is 1.06. The zero-order valence-corrected chi connectivity index (χ0v) is 6.98. The Morgan fingerprint density at radius 2 is 2.20 bits per heavy atom. The fraction of sp³-hybridized carbons (Fsp3) is 0.556. The molecule has 0 aromatic heterocycles. The molecule has 0 saturated carbocycles. The lowest BCUT2D eigenvalue weighted by Crippen LogP contribution is -2.12. The summed E-state index contributed by atoms with van der Waals surface area (Å²) in [7, 11) is 0. The molecule has 0 aliphatic rings. The molecule has 0 aromatic carbocycles. The number of rotatable bonds is 5. The van der Waals surface area contributed by atoms with Gasteiger partial charge in [0.2, 0.25) is 0 Å². The molecule has 0 rings (SSSR count). The van der Waals surface area contributed by atoms with Crippen LogP contribution in [0.4, 0.5) is 0 Å². The minimum atomic E-state index is 1.06. The lowest BCUT2D eigenvalue weighted by Gasteiger charge is -2.05. The molecule has 0 amide bonds. The Balaban J connectivity index is 3.59. The second-order valence-corrected chi connectivity index (χ2v) is 2.21. The van der Waals surface area contributed by atoms with E-state index >= 15 is 0 Å². The van der Waals surface area contributed by atoms with Gasteiger partial charge in [-0.3, -0.25) is 0 Å². The van der Waals surface area contributed by atoms with Crippen LogP contribution in [-0.4, -0.2) is 6.54 Å². The molecule has 58 valence electrons. The highest BCUT2D eigenvalue weighted by atomic mass is 14.9. The van der Waals surface area contributed by atoms with Crippen LogP contribution in [0.1, 0.15) is 26.7 Å². The van der Waals surface area contributed by atoms with Crippen LogP contribution >= 0.6 is 0 Å². The predicted octanol–water partition coefficient (Wildman–Crippen LogP) is 2.47. The van der Waals surface area contributed by atoms with Gasteiger partial charge in [0.05, 0.1) is 0 Å². The average molecular weight is 139 g/mol. The summed E-state index contributed by atoms with van der Waals surface area (Å²) in [5.41, 5.74) is 1.27. The van der Waals surface area contributed by atoms with Gasteiger partial charge in [-0.15, -0.1) is 0 Å². The van der Waals surface area contributed by atoms with E-state index in [1.54, 1.807) is 0 Å². The van der Waals surface area contributed by atoms with Gasteiger partial charge < -0.3 is 5.32 Å². The van der Waals surface area contributed by atoms with E-state index in [4.69, 9.17) is 0 Å². The summed E-state index contributed by atoms with van der Waals surface area (Å²) in [5, 5.41) is 3.31. The van der Waals surface area contributed by atoms with Crippen molar-refractivity contribution in [3.8, 4) is 0 Å². The number of hydrogen-bond donors (Lipinski definition) is 1. The van der Waals surface area contributed by atoms with Gasteiger partial charge in [0.15, 0.2) is 0 Å². The summed E-state index contributed by atoms with van der Waals surface area (Å²) < 4.78 is 0. The molecule has 0 aliphatic heterocycles. The van der Waals surface area contributed by atoms with E-state index in [0.29, 0.717) is 0 Å². The summed E-state index contributed by atoms with van der Waals surface area (Å²) in [6, 6.07) is 0. The molecule has 0 saturated heterocycles.